The van der Waals surface area contributed by atoms with Crippen LogP contribution in [0.4, 0.5) is 24.5 Å². The van der Waals surface area contributed by atoms with Gasteiger partial charge < -0.3 is 9.84 Å². The first-order chi connectivity index (χ1) is 10.5. The Balaban J connectivity index is 3.62. The number of nitrogens with zero attached hydrogens (tertiary/aromatic N) is 2. The molecule has 1 N–H and O–H groups in total. The van der Waals surface area contributed by atoms with Crippen LogP contribution in [0.1, 0.15) is 6.92 Å². The maximum absolute atomic E-state index is 12.7. The fourth-order valence-electron chi connectivity index (χ4n) is 1.72. The summed E-state index contributed by atoms with van der Waals surface area (Å²) in [6, 6.07) is 0.721. The number of carbonyl (C=O) groups is 2. The maximum atomic E-state index is 12.7. The van der Waals surface area contributed by atoms with Gasteiger partial charge in [0.15, 0.2) is 0 Å². The summed E-state index contributed by atoms with van der Waals surface area (Å²) in [5, 5.41) is 19.9. The highest BCUT2D eigenvalue weighted by Crippen LogP contribution is 2.35. The summed E-state index contributed by atoms with van der Waals surface area (Å²) in [6.07, 6.45) is -5.42. The first-order valence-electron chi connectivity index (χ1n) is 5.96. The number of hydrogen-bond acceptors (Lipinski definition) is 5. The van der Waals surface area contributed by atoms with Crippen LogP contribution in [0.25, 0.3) is 0 Å². The fourth-order valence-corrected chi connectivity index (χ4v) is 1.72. The van der Waals surface area contributed by atoms with Crippen LogP contribution < -0.4 is 9.64 Å². The van der Waals surface area contributed by atoms with Gasteiger partial charge in [-0.25, -0.2) is 4.79 Å². The molecule has 0 saturated carbocycles. The lowest BCUT2D eigenvalue weighted by atomic mass is 10.1. The lowest BCUT2D eigenvalue weighted by molar-refractivity contribution is -0.384. The molecule has 0 radical (unpaired) electrons. The number of rotatable bonds is 5. The van der Waals surface area contributed by atoms with Crippen LogP contribution in [0.5, 0.6) is 5.75 Å². The molecule has 0 fully saturated rings. The molecule has 0 saturated heterocycles. The van der Waals surface area contributed by atoms with Crippen LogP contribution in [0.3, 0.4) is 0 Å². The first-order valence-corrected chi connectivity index (χ1v) is 5.96. The third kappa shape index (κ3) is 3.87. The molecule has 126 valence electrons. The number of alkyl halides is 3. The van der Waals surface area contributed by atoms with E-state index in [-0.39, 0.29) is 10.6 Å². The molecule has 0 spiro atoms. The maximum Gasteiger partial charge on any atom is 0.471 e. The minimum atomic E-state index is -5.42. The minimum absolute atomic E-state index is 0.0804. The van der Waals surface area contributed by atoms with Crippen LogP contribution in [0.15, 0.2) is 18.2 Å². The van der Waals surface area contributed by atoms with Gasteiger partial charge in [0.05, 0.1) is 12.0 Å². The smallest absolute Gasteiger partial charge is 0.471 e. The molecular formula is C12H11F3N2O6. The van der Waals surface area contributed by atoms with Gasteiger partial charge in [0.2, 0.25) is 0 Å². The topological polar surface area (TPSA) is 110 Å². The Bertz CT molecular complexity index is 646. The second-order valence-corrected chi connectivity index (χ2v) is 4.30. The van der Waals surface area contributed by atoms with E-state index >= 15 is 0 Å². The zero-order chi connectivity index (χ0) is 17.9. The van der Waals surface area contributed by atoms with Gasteiger partial charge in [-0.3, -0.25) is 19.8 Å². The number of halogens is 3. The summed E-state index contributed by atoms with van der Waals surface area (Å²) < 4.78 is 43.0. The molecule has 0 aliphatic rings. The number of carboxylic acid groups (broad SMARTS) is 1. The molecule has 1 aromatic carbocycles. The molecular weight excluding hydrogens is 325 g/mol. The molecule has 1 unspecified atom stereocenters. The van der Waals surface area contributed by atoms with Gasteiger partial charge in [-0.2, -0.15) is 13.2 Å². The largest absolute Gasteiger partial charge is 0.497 e. The molecule has 1 amide bonds. The summed E-state index contributed by atoms with van der Waals surface area (Å²) in [4.78, 5) is 32.3. The summed E-state index contributed by atoms with van der Waals surface area (Å²) in [6.45, 7) is 0.801. The number of hydrogen-bond donors (Lipinski definition) is 1. The zero-order valence-electron chi connectivity index (χ0n) is 11.8. The number of nitro benzene ring substituents is 1. The van der Waals surface area contributed by atoms with E-state index in [1.165, 1.54) is 0 Å². The summed E-state index contributed by atoms with van der Waals surface area (Å²) in [5.41, 5.74) is -1.69. The van der Waals surface area contributed by atoms with Gasteiger partial charge >= 0.3 is 18.1 Å². The molecule has 1 rings (SSSR count). The van der Waals surface area contributed by atoms with E-state index in [0.29, 0.717) is 0 Å². The predicted octanol–water partition coefficient (Wildman–Crippen LogP) is 1.97. The third-order valence-corrected chi connectivity index (χ3v) is 2.84. The van der Waals surface area contributed by atoms with Crippen LogP contribution in [0, 0.1) is 10.1 Å². The SMILES string of the molecule is COc1ccc([N+](=O)[O-])c(N(C(=O)C(F)(F)F)C(C)C(=O)O)c1. The first kappa shape index (κ1) is 18.2. The molecule has 8 nitrogen and oxygen atoms in total. The van der Waals surface area contributed by atoms with Crippen LogP contribution in [-0.4, -0.2) is 41.2 Å². The lowest BCUT2D eigenvalue weighted by Gasteiger charge is -2.27. The number of carboxylic acids is 1. The Labute approximate surface area is 127 Å². The second-order valence-electron chi connectivity index (χ2n) is 4.30. The van der Waals surface area contributed by atoms with Gasteiger partial charge in [0.25, 0.3) is 5.69 Å². The Morgan fingerprint density at radius 1 is 1.39 bits per heavy atom. The Morgan fingerprint density at radius 2 is 1.96 bits per heavy atom. The van der Waals surface area contributed by atoms with Crippen molar-refractivity contribution in [3.63, 3.8) is 0 Å². The molecule has 0 aromatic heterocycles. The van der Waals surface area contributed by atoms with Crippen molar-refractivity contribution in [2.45, 2.75) is 19.1 Å². The van der Waals surface area contributed by atoms with Crippen molar-refractivity contribution in [1.82, 2.24) is 0 Å². The van der Waals surface area contributed by atoms with E-state index in [1.807, 2.05) is 0 Å². The van der Waals surface area contributed by atoms with Crippen LogP contribution >= 0.6 is 0 Å². The van der Waals surface area contributed by atoms with Crippen molar-refractivity contribution < 1.29 is 37.5 Å². The van der Waals surface area contributed by atoms with E-state index in [9.17, 15) is 32.9 Å². The van der Waals surface area contributed by atoms with Crippen molar-refractivity contribution >= 4 is 23.3 Å². The molecule has 11 heteroatoms. The average Bonchev–Trinajstić information content (AvgIpc) is 2.45. The van der Waals surface area contributed by atoms with Crippen molar-refractivity contribution in [2.75, 3.05) is 12.0 Å². The normalized spacial score (nSPS) is 12.4. The number of benzene rings is 1. The minimum Gasteiger partial charge on any atom is -0.497 e. The van der Waals surface area contributed by atoms with E-state index in [2.05, 4.69) is 0 Å². The molecule has 0 heterocycles. The molecule has 0 aliphatic carbocycles. The Hall–Kier alpha value is -2.85. The van der Waals surface area contributed by atoms with Gasteiger partial charge in [-0.1, -0.05) is 0 Å². The molecule has 1 aromatic rings. The molecule has 1 atom stereocenters. The molecule has 0 bridgehead atoms. The number of carbonyl (C=O) groups excluding carboxylic acids is 1. The highest BCUT2D eigenvalue weighted by atomic mass is 19.4. The summed E-state index contributed by atoms with van der Waals surface area (Å²) >= 11 is 0. The van der Waals surface area contributed by atoms with Crippen molar-refractivity contribution in [3.05, 3.63) is 28.3 Å². The highest BCUT2D eigenvalue weighted by molar-refractivity contribution is 6.03. The second kappa shape index (κ2) is 6.50. The summed E-state index contributed by atoms with van der Waals surface area (Å²) in [5.74, 6) is -4.38. The van der Waals surface area contributed by atoms with Crippen molar-refractivity contribution in [3.8, 4) is 5.75 Å². The standard InChI is InChI=1S/C12H11F3N2O6/c1-6(10(18)19)16(11(20)12(13,14)15)9-5-7(23-2)3-4-8(9)17(21)22/h3-6H,1-2H3,(H,18,19). The molecule has 23 heavy (non-hydrogen) atoms. The highest BCUT2D eigenvalue weighted by Gasteiger charge is 2.47. The van der Waals surface area contributed by atoms with Crippen molar-refractivity contribution in [1.29, 1.82) is 0 Å². The van der Waals surface area contributed by atoms with Gasteiger partial charge in [0.1, 0.15) is 17.5 Å². The van der Waals surface area contributed by atoms with E-state index in [1.54, 1.807) is 0 Å². The Kier molecular flexibility index (Phi) is 5.14. The van der Waals surface area contributed by atoms with E-state index in [0.717, 1.165) is 32.2 Å². The van der Waals surface area contributed by atoms with Gasteiger partial charge in [-0.15, -0.1) is 0 Å². The van der Waals surface area contributed by atoms with Crippen LogP contribution in [-0.2, 0) is 9.59 Å². The lowest BCUT2D eigenvalue weighted by Crippen LogP contribution is -2.49. The number of nitro groups is 1. The fraction of sp³-hybridized carbons (Fsp3) is 0.333. The van der Waals surface area contributed by atoms with E-state index < -0.39 is 40.4 Å². The number of ether oxygens (including phenoxy) is 1. The van der Waals surface area contributed by atoms with Crippen molar-refractivity contribution in [2.24, 2.45) is 0 Å². The monoisotopic (exact) mass is 336 g/mol. The summed E-state index contributed by atoms with van der Waals surface area (Å²) in [7, 11) is 1.15. The number of aliphatic carboxylic acids is 1. The van der Waals surface area contributed by atoms with Crippen LogP contribution in [0.2, 0.25) is 0 Å². The zero-order valence-corrected chi connectivity index (χ0v) is 11.8. The molecule has 0 aliphatic heterocycles. The third-order valence-electron chi connectivity index (χ3n) is 2.84. The van der Waals surface area contributed by atoms with E-state index in [4.69, 9.17) is 9.84 Å². The number of amides is 1. The quantitative estimate of drug-likeness (QED) is 0.650. The number of methoxy groups -OCH3 is 1. The average molecular weight is 336 g/mol. The number of anilines is 1. The Morgan fingerprint density at radius 3 is 2.35 bits per heavy atom. The van der Waals surface area contributed by atoms with Gasteiger partial charge in [0, 0.05) is 12.1 Å². The van der Waals surface area contributed by atoms with Gasteiger partial charge in [-0.05, 0) is 13.0 Å². The predicted molar refractivity (Wildman–Crippen MR) is 70.3 cm³/mol.